The lowest BCUT2D eigenvalue weighted by Gasteiger charge is -2.26. The van der Waals surface area contributed by atoms with E-state index in [0.29, 0.717) is 0 Å². The van der Waals surface area contributed by atoms with E-state index in [1.807, 2.05) is 4.98 Å². The van der Waals surface area contributed by atoms with E-state index >= 15 is 0 Å². The number of benzene rings is 1. The summed E-state index contributed by atoms with van der Waals surface area (Å²) < 4.78 is 58.8. The maximum absolute atomic E-state index is 12.7. The van der Waals surface area contributed by atoms with Crippen molar-refractivity contribution in [1.82, 2.24) is 14.3 Å². The minimum absolute atomic E-state index is 0.0784. The molecule has 1 aromatic carbocycles. The number of halogens is 1. The van der Waals surface area contributed by atoms with E-state index in [-0.39, 0.29) is 41.9 Å². The molecule has 0 amide bonds. The smallest absolute Gasteiger partial charge is 0.325 e. The number of aromatic amines is 2. The van der Waals surface area contributed by atoms with Gasteiger partial charge in [-0.1, -0.05) is 11.6 Å². The summed E-state index contributed by atoms with van der Waals surface area (Å²) in [4.78, 5) is 25.7. The first-order valence-corrected chi connectivity index (χ1v) is 11.1. The van der Waals surface area contributed by atoms with E-state index in [4.69, 9.17) is 16.3 Å². The Balaban J connectivity index is 1.98. The molecule has 14 heteroatoms. The van der Waals surface area contributed by atoms with Crippen molar-refractivity contribution in [2.75, 3.05) is 31.0 Å². The highest BCUT2D eigenvalue weighted by Gasteiger charge is 2.28. The van der Waals surface area contributed by atoms with Gasteiger partial charge in [-0.15, -0.1) is 0 Å². The summed E-state index contributed by atoms with van der Waals surface area (Å²) >= 11 is 5.99. The first-order valence-electron chi connectivity index (χ1n) is 7.83. The molecule has 3 N–H and O–H groups in total. The third-order valence-corrected chi connectivity index (χ3v) is 7.46. The number of H-pyrrole nitrogens is 2. The third kappa shape index (κ3) is 4.12. The van der Waals surface area contributed by atoms with Gasteiger partial charge in [0.2, 0.25) is 10.0 Å². The number of hydrogen-bond donors (Lipinski definition) is 3. The predicted octanol–water partition coefficient (Wildman–Crippen LogP) is -0.462. The van der Waals surface area contributed by atoms with Gasteiger partial charge < -0.3 is 9.72 Å². The molecule has 1 aliphatic heterocycles. The second-order valence-corrected chi connectivity index (χ2v) is 9.70. The van der Waals surface area contributed by atoms with Crippen LogP contribution in [0.4, 0.5) is 5.69 Å². The molecule has 0 spiro atoms. The van der Waals surface area contributed by atoms with Crippen molar-refractivity contribution in [3.8, 4) is 0 Å². The lowest BCUT2D eigenvalue weighted by molar-refractivity contribution is 0.0730. The van der Waals surface area contributed by atoms with Crippen LogP contribution in [0.15, 0.2) is 43.8 Å². The van der Waals surface area contributed by atoms with Crippen molar-refractivity contribution in [2.45, 2.75) is 9.79 Å². The molecule has 1 aromatic heterocycles. The second kappa shape index (κ2) is 7.67. The first-order chi connectivity index (χ1) is 13.1. The molecule has 0 bridgehead atoms. The minimum atomic E-state index is -4.45. The van der Waals surface area contributed by atoms with Crippen LogP contribution in [-0.2, 0) is 24.8 Å². The van der Waals surface area contributed by atoms with Gasteiger partial charge in [-0.2, -0.15) is 4.31 Å². The third-order valence-electron chi connectivity index (χ3n) is 3.86. The van der Waals surface area contributed by atoms with Crippen molar-refractivity contribution >= 4 is 37.3 Å². The number of sulfonamides is 2. The van der Waals surface area contributed by atoms with Crippen LogP contribution in [0, 0.1) is 0 Å². The van der Waals surface area contributed by atoms with Crippen molar-refractivity contribution in [3.63, 3.8) is 0 Å². The van der Waals surface area contributed by atoms with Crippen molar-refractivity contribution in [2.24, 2.45) is 0 Å². The van der Waals surface area contributed by atoms with Crippen LogP contribution < -0.4 is 16.0 Å². The highest BCUT2D eigenvalue weighted by molar-refractivity contribution is 7.92. The quantitative estimate of drug-likeness (QED) is 0.555. The fraction of sp³-hybridized carbons (Fsp3) is 0.286. The Morgan fingerprint density at radius 1 is 1.11 bits per heavy atom. The van der Waals surface area contributed by atoms with Crippen LogP contribution in [0.1, 0.15) is 0 Å². The number of rotatable bonds is 5. The number of aromatic nitrogens is 2. The van der Waals surface area contributed by atoms with E-state index in [1.54, 1.807) is 4.98 Å². The Labute approximate surface area is 164 Å². The lowest BCUT2D eigenvalue weighted by Crippen LogP contribution is -2.40. The van der Waals surface area contributed by atoms with E-state index in [9.17, 15) is 26.4 Å². The summed E-state index contributed by atoms with van der Waals surface area (Å²) in [6.07, 6.45) is 0.728. The van der Waals surface area contributed by atoms with E-state index in [2.05, 4.69) is 4.72 Å². The predicted molar refractivity (Wildman–Crippen MR) is 99.5 cm³/mol. The summed E-state index contributed by atoms with van der Waals surface area (Å²) in [5, 5.41) is -0.0784. The number of hydrogen-bond acceptors (Lipinski definition) is 7. The van der Waals surface area contributed by atoms with Gasteiger partial charge in [0.1, 0.15) is 0 Å². The Morgan fingerprint density at radius 3 is 2.43 bits per heavy atom. The summed E-state index contributed by atoms with van der Waals surface area (Å²) in [6.45, 7) is 0.833. The topological polar surface area (TPSA) is 158 Å². The average molecular weight is 451 g/mol. The van der Waals surface area contributed by atoms with Gasteiger partial charge in [0.25, 0.3) is 15.6 Å². The molecule has 152 valence electrons. The van der Waals surface area contributed by atoms with Crippen LogP contribution in [0.2, 0.25) is 5.02 Å². The maximum Gasteiger partial charge on any atom is 0.325 e. The SMILES string of the molecule is O=c1[nH]cc(S(=O)(=O)Nc2cc(S(=O)(=O)N3CCOCC3)ccc2Cl)c(=O)[nH]1. The first kappa shape index (κ1) is 20.5. The molecule has 1 saturated heterocycles. The van der Waals surface area contributed by atoms with Crippen LogP contribution in [0.3, 0.4) is 0 Å². The number of nitrogens with zero attached hydrogens (tertiary/aromatic N) is 1. The zero-order valence-corrected chi connectivity index (χ0v) is 16.5. The number of anilines is 1. The average Bonchev–Trinajstić information content (AvgIpc) is 2.63. The molecule has 28 heavy (non-hydrogen) atoms. The molecule has 1 fully saturated rings. The molecule has 3 rings (SSSR count). The molecule has 0 atom stereocenters. The van der Waals surface area contributed by atoms with Crippen molar-refractivity contribution < 1.29 is 21.6 Å². The van der Waals surface area contributed by atoms with Gasteiger partial charge in [-0.05, 0) is 18.2 Å². The standard InChI is InChI=1S/C14H15ClN4O7S2/c15-10-2-1-9(28(24,25)19-3-5-26-6-4-19)7-11(10)18-27(22,23)12-8-16-14(21)17-13(12)20/h1-2,7-8,18H,3-6H2,(H2,16,17,20,21). The normalized spacial score (nSPS) is 16.0. The summed E-state index contributed by atoms with van der Waals surface area (Å²) in [5.74, 6) is 0. The molecule has 2 aromatic rings. The Morgan fingerprint density at radius 2 is 1.79 bits per heavy atom. The van der Waals surface area contributed by atoms with Crippen LogP contribution in [0.25, 0.3) is 0 Å². The molecule has 0 saturated carbocycles. The van der Waals surface area contributed by atoms with Gasteiger partial charge in [-0.3, -0.25) is 14.5 Å². The zero-order valence-electron chi connectivity index (χ0n) is 14.1. The van der Waals surface area contributed by atoms with Crippen molar-refractivity contribution in [1.29, 1.82) is 0 Å². The molecular weight excluding hydrogens is 436 g/mol. The molecule has 0 aliphatic carbocycles. The van der Waals surface area contributed by atoms with Crippen LogP contribution >= 0.6 is 11.6 Å². The summed E-state index contributed by atoms with van der Waals surface area (Å²) in [6, 6.07) is 3.53. The number of ether oxygens (including phenoxy) is 1. The number of nitrogens with one attached hydrogen (secondary N) is 3. The van der Waals surface area contributed by atoms with E-state index < -0.39 is 36.2 Å². The Hall–Kier alpha value is -2.19. The lowest BCUT2D eigenvalue weighted by atomic mass is 10.3. The van der Waals surface area contributed by atoms with Crippen LogP contribution in [0.5, 0.6) is 0 Å². The highest BCUT2D eigenvalue weighted by Crippen LogP contribution is 2.28. The monoisotopic (exact) mass is 450 g/mol. The summed E-state index contributed by atoms with van der Waals surface area (Å²) in [5.41, 5.74) is -2.24. The molecule has 11 nitrogen and oxygen atoms in total. The fourth-order valence-electron chi connectivity index (χ4n) is 2.48. The summed E-state index contributed by atoms with van der Waals surface area (Å²) in [7, 11) is -8.34. The van der Waals surface area contributed by atoms with E-state index in [0.717, 1.165) is 12.3 Å². The maximum atomic E-state index is 12.7. The second-order valence-electron chi connectivity index (χ2n) is 5.70. The van der Waals surface area contributed by atoms with Gasteiger partial charge in [0.05, 0.1) is 28.8 Å². The molecule has 0 radical (unpaired) electrons. The Kier molecular flexibility index (Phi) is 5.63. The zero-order chi connectivity index (χ0) is 20.5. The van der Waals surface area contributed by atoms with Crippen molar-refractivity contribution in [3.05, 3.63) is 50.3 Å². The molecule has 0 unspecified atom stereocenters. The van der Waals surface area contributed by atoms with E-state index in [1.165, 1.54) is 16.4 Å². The van der Waals surface area contributed by atoms with Crippen LogP contribution in [-0.4, -0.2) is 57.4 Å². The van der Waals surface area contributed by atoms with Gasteiger partial charge in [-0.25, -0.2) is 21.6 Å². The van der Waals surface area contributed by atoms with Gasteiger partial charge in [0, 0.05) is 19.3 Å². The van der Waals surface area contributed by atoms with Gasteiger partial charge in [0.15, 0.2) is 4.90 Å². The molecular formula is C14H15ClN4O7S2. The highest BCUT2D eigenvalue weighted by atomic mass is 35.5. The molecule has 2 heterocycles. The largest absolute Gasteiger partial charge is 0.379 e. The molecule has 1 aliphatic rings. The minimum Gasteiger partial charge on any atom is -0.379 e. The fourth-order valence-corrected chi connectivity index (χ4v) is 5.21. The van der Waals surface area contributed by atoms with Gasteiger partial charge >= 0.3 is 5.69 Å². The number of morpholine rings is 1. The Bertz CT molecular complexity index is 1210.